The van der Waals surface area contributed by atoms with Gasteiger partial charge in [-0.15, -0.1) is 0 Å². The van der Waals surface area contributed by atoms with Gasteiger partial charge >= 0.3 is 5.97 Å². The lowest BCUT2D eigenvalue weighted by molar-refractivity contribution is -0.132. The molecule has 3 heteroatoms. The Bertz CT molecular complexity index is 698. The van der Waals surface area contributed by atoms with E-state index in [9.17, 15) is 9.90 Å². The van der Waals surface area contributed by atoms with Crippen LogP contribution in [0.3, 0.4) is 0 Å². The molecule has 1 atom stereocenters. The van der Waals surface area contributed by atoms with Gasteiger partial charge in [0.05, 0.1) is 5.57 Å². The maximum absolute atomic E-state index is 16.0. The summed E-state index contributed by atoms with van der Waals surface area (Å²) in [5.74, 6) is -0.250. The molecule has 1 unspecified atom stereocenters. The minimum Gasteiger partial charge on any atom is -0.478 e. The molecule has 2 nitrogen and oxygen atoms in total. The fourth-order valence-corrected chi connectivity index (χ4v) is 4.74. The summed E-state index contributed by atoms with van der Waals surface area (Å²) in [6.07, 6.45) is 12.3. The van der Waals surface area contributed by atoms with E-state index >= 15 is 4.39 Å². The van der Waals surface area contributed by atoms with Gasteiger partial charge in [-0.05, 0) is 48.0 Å². The summed E-state index contributed by atoms with van der Waals surface area (Å²) in [7, 11) is 0. The van der Waals surface area contributed by atoms with Crippen LogP contribution in [0.15, 0.2) is 48.1 Å². The Balaban J connectivity index is 1.71. The van der Waals surface area contributed by atoms with Crippen LogP contribution in [-0.4, -0.2) is 16.7 Å². The zero-order valence-electron chi connectivity index (χ0n) is 16.3. The Hall–Kier alpha value is -1.90. The number of hydrogen-bond donors (Lipinski definition) is 1. The number of carbonyl (C=O) groups is 1. The van der Waals surface area contributed by atoms with Crippen LogP contribution >= 0.6 is 0 Å². The molecule has 0 saturated heterocycles. The van der Waals surface area contributed by atoms with Crippen LogP contribution in [0.5, 0.6) is 0 Å². The zero-order valence-corrected chi connectivity index (χ0v) is 16.3. The van der Waals surface area contributed by atoms with Crippen LogP contribution in [0.4, 0.5) is 4.39 Å². The van der Waals surface area contributed by atoms with E-state index in [1.165, 1.54) is 37.8 Å². The van der Waals surface area contributed by atoms with Gasteiger partial charge in [0.1, 0.15) is 5.67 Å². The lowest BCUT2D eigenvalue weighted by atomic mass is 9.69. The van der Waals surface area contributed by atoms with E-state index in [-0.39, 0.29) is 17.9 Å². The molecular weight excluding hydrogens is 339 g/mol. The number of carboxylic acid groups (broad SMARTS) is 1. The van der Waals surface area contributed by atoms with E-state index in [4.69, 9.17) is 0 Å². The van der Waals surface area contributed by atoms with Gasteiger partial charge in [-0.25, -0.2) is 9.18 Å². The first-order valence-electron chi connectivity index (χ1n) is 10.4. The maximum atomic E-state index is 16.0. The number of carboxylic acids is 1. The number of unbranched alkanes of at least 4 members (excludes halogenated alkanes) is 2. The Morgan fingerprint density at radius 3 is 2.48 bits per heavy atom. The molecule has 0 spiro atoms. The van der Waals surface area contributed by atoms with Crippen molar-refractivity contribution in [3.8, 4) is 0 Å². The minimum atomic E-state index is -1.43. The van der Waals surface area contributed by atoms with E-state index in [2.05, 4.69) is 6.92 Å². The highest BCUT2D eigenvalue weighted by Gasteiger charge is 2.42. The molecule has 0 radical (unpaired) electrons. The normalized spacial score (nSPS) is 28.4. The molecule has 1 fully saturated rings. The Kier molecular flexibility index (Phi) is 6.51. The Labute approximate surface area is 162 Å². The molecule has 1 aromatic rings. The molecule has 2 aliphatic rings. The van der Waals surface area contributed by atoms with Gasteiger partial charge in [-0.2, -0.15) is 0 Å². The molecule has 2 aliphatic carbocycles. The van der Waals surface area contributed by atoms with Gasteiger partial charge in [0.2, 0.25) is 0 Å². The molecule has 0 amide bonds. The fraction of sp³-hybridized carbons (Fsp3) is 0.542. The topological polar surface area (TPSA) is 37.3 Å². The van der Waals surface area contributed by atoms with Gasteiger partial charge < -0.3 is 5.11 Å². The van der Waals surface area contributed by atoms with Crippen molar-refractivity contribution in [1.82, 2.24) is 0 Å². The molecule has 0 aromatic heterocycles. The van der Waals surface area contributed by atoms with Gasteiger partial charge in [0, 0.05) is 6.42 Å². The van der Waals surface area contributed by atoms with E-state index < -0.39 is 11.6 Å². The van der Waals surface area contributed by atoms with Gasteiger partial charge in [0.15, 0.2) is 0 Å². The minimum absolute atomic E-state index is 0.00904. The Morgan fingerprint density at radius 1 is 1.15 bits per heavy atom. The second-order valence-corrected chi connectivity index (χ2v) is 8.21. The van der Waals surface area contributed by atoms with Crippen molar-refractivity contribution in [2.45, 2.75) is 70.4 Å². The van der Waals surface area contributed by atoms with Gasteiger partial charge in [-0.3, -0.25) is 0 Å². The van der Waals surface area contributed by atoms with Crippen molar-refractivity contribution in [2.24, 2.45) is 11.8 Å². The van der Waals surface area contributed by atoms with E-state index in [1.807, 2.05) is 30.3 Å². The molecule has 146 valence electrons. The number of allylic oxidation sites excluding steroid dienone is 2. The molecule has 0 bridgehead atoms. The molecule has 1 N–H and O–H groups in total. The summed E-state index contributed by atoms with van der Waals surface area (Å²) < 4.78 is 16.0. The summed E-state index contributed by atoms with van der Waals surface area (Å²) in [5.41, 5.74) is 0.230. The van der Waals surface area contributed by atoms with E-state index in [1.54, 1.807) is 0 Å². The highest BCUT2D eigenvalue weighted by molar-refractivity contribution is 6.00. The smallest absolute Gasteiger partial charge is 0.335 e. The molecule has 0 heterocycles. The third-order valence-corrected chi connectivity index (χ3v) is 6.39. The zero-order chi connectivity index (χ0) is 19.3. The lowest BCUT2D eigenvalue weighted by Crippen LogP contribution is -2.36. The second kappa shape index (κ2) is 8.86. The summed E-state index contributed by atoms with van der Waals surface area (Å²) in [4.78, 5) is 11.7. The van der Waals surface area contributed by atoms with Crippen molar-refractivity contribution < 1.29 is 14.3 Å². The number of benzene rings is 1. The number of rotatable bonds is 7. The first-order chi connectivity index (χ1) is 13.0. The number of hydrogen-bond acceptors (Lipinski definition) is 1. The number of aliphatic carboxylic acids is 1. The molecule has 1 aromatic carbocycles. The molecule has 1 saturated carbocycles. The van der Waals surface area contributed by atoms with Crippen LogP contribution in [0.1, 0.15) is 70.3 Å². The highest BCUT2D eigenvalue weighted by atomic mass is 19.1. The predicted molar refractivity (Wildman–Crippen MR) is 108 cm³/mol. The summed E-state index contributed by atoms with van der Waals surface area (Å²) in [6.45, 7) is 2.22. The first kappa shape index (κ1) is 19.9. The van der Waals surface area contributed by atoms with E-state index in [0.29, 0.717) is 5.57 Å². The summed E-state index contributed by atoms with van der Waals surface area (Å²) >= 11 is 0. The average Bonchev–Trinajstić information content (AvgIpc) is 2.69. The average molecular weight is 371 g/mol. The third kappa shape index (κ3) is 4.69. The Morgan fingerprint density at radius 2 is 1.85 bits per heavy atom. The maximum Gasteiger partial charge on any atom is 0.335 e. The van der Waals surface area contributed by atoms with E-state index in [0.717, 1.165) is 37.2 Å². The largest absolute Gasteiger partial charge is 0.478 e. The molecule has 27 heavy (non-hydrogen) atoms. The summed E-state index contributed by atoms with van der Waals surface area (Å²) in [6, 6.07) is 9.40. The van der Waals surface area contributed by atoms with Crippen molar-refractivity contribution in [2.75, 3.05) is 0 Å². The third-order valence-electron chi connectivity index (χ3n) is 6.39. The van der Waals surface area contributed by atoms with Crippen LogP contribution in [0, 0.1) is 11.8 Å². The predicted octanol–water partition coefficient (Wildman–Crippen LogP) is 6.58. The van der Waals surface area contributed by atoms with Crippen LogP contribution < -0.4 is 0 Å². The van der Waals surface area contributed by atoms with Gasteiger partial charge in [-0.1, -0.05) is 75.8 Å². The number of halogens is 1. The van der Waals surface area contributed by atoms with Crippen LogP contribution in [0.25, 0.3) is 5.57 Å². The number of alkyl halides is 1. The highest BCUT2D eigenvalue weighted by Crippen LogP contribution is 2.47. The van der Waals surface area contributed by atoms with Gasteiger partial charge in [0.25, 0.3) is 0 Å². The van der Waals surface area contributed by atoms with Crippen molar-refractivity contribution in [1.29, 1.82) is 0 Å². The van der Waals surface area contributed by atoms with Crippen LogP contribution in [-0.2, 0) is 4.79 Å². The second-order valence-electron chi connectivity index (χ2n) is 8.21. The first-order valence-corrected chi connectivity index (χ1v) is 10.4. The molecule has 3 rings (SSSR count). The van der Waals surface area contributed by atoms with Crippen molar-refractivity contribution in [3.05, 3.63) is 53.6 Å². The molecular formula is C24H31FO2. The lowest BCUT2D eigenvalue weighted by Gasteiger charge is -2.39. The SMILES string of the molecule is CCCCCC1CCC(C2(F)C=CC(C(=O)O)=C(c3ccccc3)C2)CC1. The standard InChI is InChI=1S/C24H31FO2/c1-2-3-5-8-18-11-13-20(14-12-18)24(25)16-15-21(23(26)27)22(17-24)19-9-6-4-7-10-19/h4,6-7,9-10,15-16,18,20H,2-3,5,8,11-14,17H2,1H3,(H,26,27). The quantitative estimate of drug-likeness (QED) is 0.550. The molecule has 0 aliphatic heterocycles. The van der Waals surface area contributed by atoms with Crippen molar-refractivity contribution in [3.63, 3.8) is 0 Å². The monoisotopic (exact) mass is 370 g/mol. The van der Waals surface area contributed by atoms with Crippen LogP contribution in [0.2, 0.25) is 0 Å². The fourth-order valence-electron chi connectivity index (χ4n) is 4.74. The van der Waals surface area contributed by atoms with Crippen molar-refractivity contribution >= 4 is 11.5 Å². The summed E-state index contributed by atoms with van der Waals surface area (Å²) in [5, 5.41) is 9.56.